The topological polar surface area (TPSA) is 20.2 Å². The van der Waals surface area contributed by atoms with Crippen LogP contribution < -0.4 is 0 Å². The van der Waals surface area contributed by atoms with E-state index in [-0.39, 0.29) is 11.9 Å². The first-order valence-electron chi connectivity index (χ1n) is 6.35. The number of aliphatic hydroxyl groups is 1. The second-order valence-electron chi connectivity index (χ2n) is 4.89. The van der Waals surface area contributed by atoms with E-state index in [2.05, 4.69) is 15.9 Å². The van der Waals surface area contributed by atoms with Crippen molar-refractivity contribution in [3.8, 4) is 0 Å². The van der Waals surface area contributed by atoms with Crippen molar-refractivity contribution < 1.29 is 9.50 Å². The van der Waals surface area contributed by atoms with Crippen LogP contribution in [-0.4, -0.2) is 22.7 Å². The third kappa shape index (κ3) is 4.25. The summed E-state index contributed by atoms with van der Waals surface area (Å²) in [6.07, 6.45) is 3.40. The third-order valence-electron chi connectivity index (χ3n) is 3.41. The Morgan fingerprint density at radius 2 is 2.11 bits per heavy atom. The van der Waals surface area contributed by atoms with E-state index in [0.717, 1.165) is 16.5 Å². The van der Waals surface area contributed by atoms with E-state index in [1.54, 1.807) is 6.07 Å². The summed E-state index contributed by atoms with van der Waals surface area (Å²) in [4.78, 5) is 0. The average molecular weight is 333 g/mol. The molecule has 4 heteroatoms. The van der Waals surface area contributed by atoms with Gasteiger partial charge >= 0.3 is 0 Å². The summed E-state index contributed by atoms with van der Waals surface area (Å²) in [5.74, 6) is 2.81. The zero-order valence-electron chi connectivity index (χ0n) is 10.2. The summed E-state index contributed by atoms with van der Waals surface area (Å²) in [5.41, 5.74) is 0.854. The number of thioether (sulfide) groups is 1. The summed E-state index contributed by atoms with van der Waals surface area (Å²) >= 11 is 5.40. The van der Waals surface area contributed by atoms with Gasteiger partial charge in [0.1, 0.15) is 5.82 Å². The molecule has 0 aromatic heterocycles. The fourth-order valence-corrected chi connectivity index (χ4v) is 4.02. The Labute approximate surface area is 120 Å². The van der Waals surface area contributed by atoms with Crippen LogP contribution in [0.5, 0.6) is 0 Å². The lowest BCUT2D eigenvalue weighted by atomic mass is 9.93. The lowest BCUT2D eigenvalue weighted by Crippen LogP contribution is -2.19. The van der Waals surface area contributed by atoms with Crippen molar-refractivity contribution in [2.75, 3.05) is 11.5 Å². The van der Waals surface area contributed by atoms with Crippen molar-refractivity contribution in [1.82, 2.24) is 0 Å². The summed E-state index contributed by atoms with van der Waals surface area (Å²) in [6, 6.07) is 4.64. The van der Waals surface area contributed by atoms with Crippen molar-refractivity contribution in [2.24, 2.45) is 5.92 Å². The second-order valence-corrected chi connectivity index (χ2v) is 6.96. The number of hydrogen-bond acceptors (Lipinski definition) is 2. The summed E-state index contributed by atoms with van der Waals surface area (Å²) in [5, 5.41) is 10.1. The number of halogens is 2. The minimum absolute atomic E-state index is 0.241. The van der Waals surface area contributed by atoms with Gasteiger partial charge in [-0.25, -0.2) is 4.39 Å². The highest BCUT2D eigenvalue weighted by atomic mass is 79.9. The number of rotatable bonds is 4. The van der Waals surface area contributed by atoms with Gasteiger partial charge in [0.15, 0.2) is 0 Å². The Balaban J connectivity index is 1.89. The summed E-state index contributed by atoms with van der Waals surface area (Å²) in [6.45, 7) is 0. The van der Waals surface area contributed by atoms with E-state index in [1.165, 1.54) is 36.5 Å². The largest absolute Gasteiger partial charge is 0.393 e. The van der Waals surface area contributed by atoms with Crippen LogP contribution in [0.1, 0.15) is 24.8 Å². The normalized spacial score (nSPS) is 18.8. The van der Waals surface area contributed by atoms with Crippen molar-refractivity contribution in [2.45, 2.75) is 31.8 Å². The predicted octanol–water partition coefficient (Wildman–Crippen LogP) is 4.02. The second kappa shape index (κ2) is 6.92. The molecule has 18 heavy (non-hydrogen) atoms. The monoisotopic (exact) mass is 332 g/mol. The fraction of sp³-hybridized carbons (Fsp3) is 0.571. The SMILES string of the molecule is OC(Cc1cc(F)ccc1Br)CC1CCSCC1. The standard InChI is InChI=1S/C14H18BrFOS/c15-14-2-1-12(16)8-11(14)9-13(17)7-10-3-5-18-6-4-10/h1-2,8,10,13,17H,3-7,9H2. The predicted molar refractivity (Wildman–Crippen MR) is 78.5 cm³/mol. The minimum atomic E-state index is -0.365. The molecule has 0 aliphatic carbocycles. The first-order valence-corrected chi connectivity index (χ1v) is 8.29. The maximum Gasteiger partial charge on any atom is 0.123 e. The Morgan fingerprint density at radius 3 is 2.83 bits per heavy atom. The van der Waals surface area contributed by atoms with Crippen molar-refractivity contribution >= 4 is 27.7 Å². The van der Waals surface area contributed by atoms with E-state index >= 15 is 0 Å². The molecule has 1 nitrogen and oxygen atoms in total. The van der Waals surface area contributed by atoms with E-state index < -0.39 is 0 Å². The molecular weight excluding hydrogens is 315 g/mol. The quantitative estimate of drug-likeness (QED) is 0.898. The van der Waals surface area contributed by atoms with Gasteiger partial charge in [-0.05, 0) is 66.9 Å². The third-order valence-corrected chi connectivity index (χ3v) is 5.23. The molecular formula is C14H18BrFOS. The van der Waals surface area contributed by atoms with Crippen molar-refractivity contribution in [3.63, 3.8) is 0 Å². The molecule has 1 N–H and O–H groups in total. The van der Waals surface area contributed by atoms with Gasteiger partial charge in [0.05, 0.1) is 6.10 Å². The molecule has 0 saturated carbocycles. The van der Waals surface area contributed by atoms with Crippen molar-refractivity contribution in [1.29, 1.82) is 0 Å². The van der Waals surface area contributed by atoms with Gasteiger partial charge in [-0.1, -0.05) is 15.9 Å². The van der Waals surface area contributed by atoms with Gasteiger partial charge in [-0.2, -0.15) is 11.8 Å². The van der Waals surface area contributed by atoms with Crippen LogP contribution in [0, 0.1) is 11.7 Å². The molecule has 0 bridgehead atoms. The highest BCUT2D eigenvalue weighted by Gasteiger charge is 2.18. The van der Waals surface area contributed by atoms with Crippen LogP contribution in [0.3, 0.4) is 0 Å². The Hall–Kier alpha value is -0.0600. The molecule has 1 fully saturated rings. The number of hydrogen-bond donors (Lipinski definition) is 1. The summed E-state index contributed by atoms with van der Waals surface area (Å²) in [7, 11) is 0. The number of aliphatic hydroxyl groups excluding tert-OH is 1. The highest BCUT2D eigenvalue weighted by molar-refractivity contribution is 9.10. The molecule has 1 heterocycles. The summed E-state index contributed by atoms with van der Waals surface area (Å²) < 4.78 is 14.0. The van der Waals surface area contributed by atoms with Crippen LogP contribution in [0.4, 0.5) is 4.39 Å². The fourth-order valence-electron chi connectivity index (χ4n) is 2.40. The number of benzene rings is 1. The molecule has 2 rings (SSSR count). The minimum Gasteiger partial charge on any atom is -0.393 e. The molecule has 1 unspecified atom stereocenters. The first-order chi connectivity index (χ1) is 8.65. The van der Waals surface area contributed by atoms with Gasteiger partial charge < -0.3 is 5.11 Å². The molecule has 0 radical (unpaired) electrons. The van der Waals surface area contributed by atoms with E-state index in [4.69, 9.17) is 0 Å². The van der Waals surface area contributed by atoms with E-state index in [0.29, 0.717) is 12.3 Å². The molecule has 1 aromatic carbocycles. The smallest absolute Gasteiger partial charge is 0.123 e. The van der Waals surface area contributed by atoms with Gasteiger partial charge in [0.2, 0.25) is 0 Å². The molecule has 100 valence electrons. The molecule has 0 amide bonds. The maximum absolute atomic E-state index is 13.2. The highest BCUT2D eigenvalue weighted by Crippen LogP contribution is 2.28. The lowest BCUT2D eigenvalue weighted by Gasteiger charge is -2.24. The van der Waals surface area contributed by atoms with E-state index in [9.17, 15) is 9.50 Å². The Morgan fingerprint density at radius 1 is 1.39 bits per heavy atom. The zero-order valence-corrected chi connectivity index (χ0v) is 12.6. The van der Waals surface area contributed by atoms with Gasteiger partial charge in [-0.3, -0.25) is 0 Å². The van der Waals surface area contributed by atoms with Crippen LogP contribution in [0.25, 0.3) is 0 Å². The average Bonchev–Trinajstić information content (AvgIpc) is 2.35. The first kappa shape index (κ1) is 14.4. The maximum atomic E-state index is 13.2. The van der Waals surface area contributed by atoms with Crippen LogP contribution in [0.2, 0.25) is 0 Å². The van der Waals surface area contributed by atoms with Gasteiger partial charge in [0.25, 0.3) is 0 Å². The van der Waals surface area contributed by atoms with E-state index in [1.807, 2.05) is 11.8 Å². The molecule has 1 saturated heterocycles. The molecule has 1 aromatic rings. The lowest BCUT2D eigenvalue weighted by molar-refractivity contribution is 0.139. The van der Waals surface area contributed by atoms with Gasteiger partial charge in [0, 0.05) is 4.47 Å². The van der Waals surface area contributed by atoms with Crippen LogP contribution >= 0.6 is 27.7 Å². The Kier molecular flexibility index (Phi) is 5.52. The van der Waals surface area contributed by atoms with Gasteiger partial charge in [-0.15, -0.1) is 0 Å². The zero-order chi connectivity index (χ0) is 13.0. The van der Waals surface area contributed by atoms with Crippen LogP contribution in [0.15, 0.2) is 22.7 Å². The molecule has 1 aliphatic heterocycles. The molecule has 1 aliphatic rings. The molecule has 0 spiro atoms. The van der Waals surface area contributed by atoms with Crippen molar-refractivity contribution in [3.05, 3.63) is 34.1 Å². The van der Waals surface area contributed by atoms with Crippen LogP contribution in [-0.2, 0) is 6.42 Å². The Bertz CT molecular complexity index is 393. The molecule has 1 atom stereocenters.